The molecule has 0 fully saturated rings. The zero-order chi connectivity index (χ0) is 36.4. The van der Waals surface area contributed by atoms with E-state index in [1.54, 1.807) is 0 Å². The molecular formula is C51H34N4. The Bertz CT molecular complexity index is 3400. The minimum Gasteiger partial charge on any atom is -0.279 e. The van der Waals surface area contributed by atoms with Gasteiger partial charge in [0.2, 0.25) is 5.95 Å². The van der Waals surface area contributed by atoms with Crippen LogP contribution in [0, 0.1) is 0 Å². The normalized spacial score (nSPS) is 13.4. The van der Waals surface area contributed by atoms with Crippen molar-refractivity contribution >= 4 is 60.2 Å². The second-order valence-corrected chi connectivity index (χ2v) is 15.4. The van der Waals surface area contributed by atoms with Gasteiger partial charge in [-0.15, -0.1) is 0 Å². The third kappa shape index (κ3) is 4.22. The summed E-state index contributed by atoms with van der Waals surface area (Å²) in [5.74, 6) is 0.831. The van der Waals surface area contributed by atoms with Crippen LogP contribution >= 0.6 is 0 Å². The van der Waals surface area contributed by atoms with E-state index in [9.17, 15) is 0 Å². The van der Waals surface area contributed by atoms with Gasteiger partial charge in [0.05, 0.1) is 27.6 Å². The molecule has 11 aromatic rings. The molecule has 1 aliphatic rings. The van der Waals surface area contributed by atoms with Crippen LogP contribution in [0.2, 0.25) is 0 Å². The van der Waals surface area contributed by atoms with Crippen molar-refractivity contribution in [3.05, 3.63) is 181 Å². The van der Waals surface area contributed by atoms with E-state index in [2.05, 4.69) is 193 Å². The molecule has 1 aliphatic carbocycles. The lowest BCUT2D eigenvalue weighted by molar-refractivity contribution is 0.661. The first-order valence-corrected chi connectivity index (χ1v) is 19.0. The van der Waals surface area contributed by atoms with Crippen molar-refractivity contribution in [3.63, 3.8) is 0 Å². The number of rotatable bonds is 3. The Balaban J connectivity index is 1.10. The first kappa shape index (κ1) is 30.4. The zero-order valence-corrected chi connectivity index (χ0v) is 30.5. The molecule has 0 saturated carbocycles. The molecule has 0 atom stereocenters. The van der Waals surface area contributed by atoms with Gasteiger partial charge in [-0.25, -0.2) is 9.97 Å². The number of fused-ring (bicyclic) bond motifs is 13. The lowest BCUT2D eigenvalue weighted by Gasteiger charge is -2.22. The Labute approximate surface area is 317 Å². The standard InChI is InChI=1S/C51H34N4/c1-51(2)41-29-34(31-12-4-3-5-13-31)20-24-37(41)38-25-21-35(30-42(38)51)33-23-26-45-40(28-33)48-36-15-7-6-14-32(36)22-27-47(48)54(45)50-53-43-17-9-8-16-39(43)49-52-44-18-10-11-19-46(44)55(49)50/h3-30H,1-2H3. The summed E-state index contributed by atoms with van der Waals surface area (Å²) >= 11 is 0. The Morgan fingerprint density at radius 1 is 0.436 bits per heavy atom. The van der Waals surface area contributed by atoms with E-state index in [1.807, 2.05) is 0 Å². The fraction of sp³-hybridized carbons (Fsp3) is 0.0588. The molecule has 0 saturated heterocycles. The summed E-state index contributed by atoms with van der Waals surface area (Å²) in [6.07, 6.45) is 0. The summed E-state index contributed by atoms with van der Waals surface area (Å²) < 4.78 is 4.59. The minimum absolute atomic E-state index is 0.136. The maximum atomic E-state index is 5.42. The smallest absolute Gasteiger partial charge is 0.221 e. The molecule has 0 spiro atoms. The van der Waals surface area contributed by atoms with E-state index < -0.39 is 0 Å². The molecule has 4 nitrogen and oxygen atoms in total. The average molecular weight is 703 g/mol. The van der Waals surface area contributed by atoms with Crippen molar-refractivity contribution in [2.45, 2.75) is 19.3 Å². The highest BCUT2D eigenvalue weighted by molar-refractivity contribution is 6.22. The molecule has 0 N–H and O–H groups in total. The lowest BCUT2D eigenvalue weighted by atomic mass is 9.81. The maximum absolute atomic E-state index is 5.42. The van der Waals surface area contributed by atoms with Gasteiger partial charge in [-0.3, -0.25) is 8.97 Å². The molecule has 0 amide bonds. The van der Waals surface area contributed by atoms with Crippen molar-refractivity contribution < 1.29 is 0 Å². The van der Waals surface area contributed by atoms with Crippen LogP contribution in [-0.4, -0.2) is 18.9 Å². The van der Waals surface area contributed by atoms with Crippen LogP contribution in [0.25, 0.3) is 99.5 Å². The van der Waals surface area contributed by atoms with Gasteiger partial charge in [0.25, 0.3) is 0 Å². The van der Waals surface area contributed by atoms with Crippen LogP contribution in [0.3, 0.4) is 0 Å². The van der Waals surface area contributed by atoms with Crippen LogP contribution in [0.15, 0.2) is 170 Å². The number of nitrogens with zero attached hydrogens (tertiary/aromatic N) is 4. The van der Waals surface area contributed by atoms with E-state index in [0.29, 0.717) is 0 Å². The van der Waals surface area contributed by atoms with Gasteiger partial charge in [0.1, 0.15) is 5.65 Å². The molecule has 3 aromatic heterocycles. The van der Waals surface area contributed by atoms with Crippen molar-refractivity contribution in [2.75, 3.05) is 0 Å². The van der Waals surface area contributed by atoms with Crippen molar-refractivity contribution in [1.82, 2.24) is 18.9 Å². The number of benzene rings is 8. The molecule has 55 heavy (non-hydrogen) atoms. The summed E-state index contributed by atoms with van der Waals surface area (Å²) in [4.78, 5) is 10.6. The molecule has 3 heterocycles. The van der Waals surface area contributed by atoms with Gasteiger partial charge in [-0.05, 0) is 110 Å². The second kappa shape index (κ2) is 11.0. The monoisotopic (exact) mass is 702 g/mol. The number of aromatic nitrogens is 4. The van der Waals surface area contributed by atoms with E-state index in [4.69, 9.17) is 9.97 Å². The summed E-state index contributed by atoms with van der Waals surface area (Å²) in [7, 11) is 0. The topological polar surface area (TPSA) is 35.1 Å². The van der Waals surface area contributed by atoms with Crippen molar-refractivity contribution in [3.8, 4) is 39.3 Å². The van der Waals surface area contributed by atoms with E-state index >= 15 is 0 Å². The molecule has 12 rings (SSSR count). The largest absolute Gasteiger partial charge is 0.279 e. The maximum Gasteiger partial charge on any atom is 0.221 e. The summed E-state index contributed by atoms with van der Waals surface area (Å²) in [5.41, 5.74) is 16.2. The quantitative estimate of drug-likeness (QED) is 0.184. The Morgan fingerprint density at radius 2 is 1.05 bits per heavy atom. The minimum atomic E-state index is -0.136. The highest BCUT2D eigenvalue weighted by Crippen LogP contribution is 2.51. The Kier molecular flexibility index (Phi) is 6.09. The number of hydrogen-bond donors (Lipinski definition) is 0. The summed E-state index contributed by atoms with van der Waals surface area (Å²) in [6, 6.07) is 61.7. The van der Waals surface area contributed by atoms with E-state index in [1.165, 1.54) is 66.1 Å². The number of imidazole rings is 1. The van der Waals surface area contributed by atoms with Gasteiger partial charge in [-0.2, -0.15) is 0 Å². The van der Waals surface area contributed by atoms with Crippen LogP contribution in [0.1, 0.15) is 25.0 Å². The highest BCUT2D eigenvalue weighted by atomic mass is 15.2. The first-order chi connectivity index (χ1) is 27.0. The molecule has 258 valence electrons. The van der Waals surface area contributed by atoms with Crippen molar-refractivity contribution in [2.24, 2.45) is 0 Å². The predicted octanol–water partition coefficient (Wildman–Crippen LogP) is 12.9. The first-order valence-electron chi connectivity index (χ1n) is 19.0. The van der Waals surface area contributed by atoms with Gasteiger partial charge < -0.3 is 0 Å². The van der Waals surface area contributed by atoms with Gasteiger partial charge in [0.15, 0.2) is 0 Å². The fourth-order valence-corrected chi connectivity index (χ4v) is 9.39. The van der Waals surface area contributed by atoms with Crippen LogP contribution < -0.4 is 0 Å². The lowest BCUT2D eigenvalue weighted by Crippen LogP contribution is -2.15. The number of hydrogen-bond acceptors (Lipinski definition) is 2. The summed E-state index contributed by atoms with van der Waals surface area (Å²) in [5, 5.41) is 5.91. The fourth-order valence-electron chi connectivity index (χ4n) is 9.39. The molecular weight excluding hydrogens is 669 g/mol. The van der Waals surface area contributed by atoms with E-state index in [-0.39, 0.29) is 5.41 Å². The van der Waals surface area contributed by atoms with Crippen molar-refractivity contribution in [1.29, 1.82) is 0 Å². The van der Waals surface area contributed by atoms with Gasteiger partial charge in [-0.1, -0.05) is 129 Å². The van der Waals surface area contributed by atoms with Crippen LogP contribution in [0.5, 0.6) is 0 Å². The number of para-hydroxylation sites is 3. The molecule has 0 radical (unpaired) electrons. The molecule has 4 heteroatoms. The molecule has 0 bridgehead atoms. The zero-order valence-electron chi connectivity index (χ0n) is 30.5. The molecule has 0 unspecified atom stereocenters. The SMILES string of the molecule is CC1(C)c2cc(-c3ccccc3)ccc2-c2ccc(-c3ccc4c(c3)c3c5ccccc5ccc3n4-c3nc4ccccc4c4nc5ccccc5n34)cc21. The van der Waals surface area contributed by atoms with E-state index in [0.717, 1.165) is 44.6 Å². The molecule has 0 aliphatic heterocycles. The average Bonchev–Trinajstić information content (AvgIpc) is 3.86. The van der Waals surface area contributed by atoms with Crippen LogP contribution in [0.4, 0.5) is 0 Å². The third-order valence-electron chi connectivity index (χ3n) is 12.1. The molecule has 8 aromatic carbocycles. The second-order valence-electron chi connectivity index (χ2n) is 15.4. The van der Waals surface area contributed by atoms with Crippen LogP contribution in [-0.2, 0) is 5.41 Å². The predicted molar refractivity (Wildman–Crippen MR) is 228 cm³/mol. The Hall–Kier alpha value is -7.04. The summed E-state index contributed by atoms with van der Waals surface area (Å²) in [6.45, 7) is 4.74. The van der Waals surface area contributed by atoms with Gasteiger partial charge in [0, 0.05) is 21.6 Å². The highest BCUT2D eigenvalue weighted by Gasteiger charge is 2.36. The van der Waals surface area contributed by atoms with Gasteiger partial charge >= 0.3 is 0 Å². The Morgan fingerprint density at radius 3 is 1.85 bits per heavy atom. The third-order valence-corrected chi connectivity index (χ3v) is 12.1.